The van der Waals surface area contributed by atoms with Gasteiger partial charge in [-0.15, -0.1) is 0 Å². The van der Waals surface area contributed by atoms with Crippen LogP contribution in [0.25, 0.3) is 0 Å². The highest BCUT2D eigenvalue weighted by atomic mass is 32.2. The van der Waals surface area contributed by atoms with E-state index in [-0.39, 0.29) is 23.7 Å². The number of nitrogens with one attached hydrogen (secondary N) is 2. The zero-order valence-corrected chi connectivity index (χ0v) is 13.2. The Bertz CT molecular complexity index is 697. The van der Waals surface area contributed by atoms with Crippen LogP contribution in [-0.4, -0.2) is 36.2 Å². The Balaban J connectivity index is 2.88. The zero-order chi connectivity index (χ0) is 15.6. The van der Waals surface area contributed by atoms with Gasteiger partial charge in [0.1, 0.15) is 4.90 Å². The van der Waals surface area contributed by atoms with E-state index in [4.69, 9.17) is 5.73 Å². The first-order chi connectivity index (χ1) is 9.04. The van der Waals surface area contributed by atoms with Crippen molar-refractivity contribution in [3.05, 3.63) is 23.3 Å². The van der Waals surface area contributed by atoms with E-state index < -0.39 is 20.0 Å². The number of hydrogen-bond donors (Lipinski definition) is 3. The van der Waals surface area contributed by atoms with Gasteiger partial charge in [0, 0.05) is 13.1 Å². The molecule has 4 N–H and O–H groups in total. The summed E-state index contributed by atoms with van der Waals surface area (Å²) in [5, 5.41) is 0. The molecule has 0 heterocycles. The lowest BCUT2D eigenvalue weighted by Crippen LogP contribution is -2.34. The van der Waals surface area contributed by atoms with Crippen LogP contribution >= 0.6 is 0 Å². The highest BCUT2D eigenvalue weighted by Gasteiger charge is 2.20. The summed E-state index contributed by atoms with van der Waals surface area (Å²) in [5.74, 6) is 0. The normalized spacial score (nSPS) is 12.6. The second-order valence-corrected chi connectivity index (χ2v) is 8.03. The van der Waals surface area contributed by atoms with Crippen molar-refractivity contribution >= 4 is 25.7 Å². The van der Waals surface area contributed by atoms with E-state index in [1.807, 2.05) is 0 Å². The van der Waals surface area contributed by atoms with E-state index in [9.17, 15) is 16.8 Å². The van der Waals surface area contributed by atoms with Gasteiger partial charge in [-0.3, -0.25) is 0 Å². The lowest BCUT2D eigenvalue weighted by Gasteiger charge is -2.13. The average Bonchev–Trinajstić information content (AvgIpc) is 2.29. The Morgan fingerprint density at radius 3 is 2.15 bits per heavy atom. The second-order valence-electron chi connectivity index (χ2n) is 4.49. The van der Waals surface area contributed by atoms with E-state index in [1.54, 1.807) is 19.9 Å². The molecule has 0 radical (unpaired) electrons. The van der Waals surface area contributed by atoms with Crippen molar-refractivity contribution in [2.45, 2.75) is 18.7 Å². The molecule has 0 saturated heterocycles. The molecule has 1 rings (SSSR count). The molecule has 9 heteroatoms. The fourth-order valence-corrected chi connectivity index (χ4v) is 3.59. The molecule has 0 aromatic heterocycles. The molecule has 0 unspecified atom stereocenters. The molecular formula is C11H19N3O4S2. The van der Waals surface area contributed by atoms with Crippen molar-refractivity contribution in [3.63, 3.8) is 0 Å². The van der Waals surface area contributed by atoms with E-state index in [1.165, 1.54) is 6.07 Å². The standard InChI is InChI=1S/C11H19N3O4S2/c1-8-4-5-10(12)11(9(8)2)20(17,18)14-7-6-13-19(3,15)16/h4-5,13-14H,6-7,12H2,1-3H3. The van der Waals surface area contributed by atoms with Gasteiger partial charge in [-0.1, -0.05) is 6.07 Å². The number of aryl methyl sites for hydroxylation is 1. The molecule has 0 saturated carbocycles. The predicted octanol–water partition coefficient (Wildman–Crippen LogP) is -0.287. The van der Waals surface area contributed by atoms with Gasteiger partial charge < -0.3 is 5.73 Å². The molecule has 0 aliphatic carbocycles. The molecule has 0 aliphatic rings. The van der Waals surface area contributed by atoms with Gasteiger partial charge in [-0.2, -0.15) is 0 Å². The van der Waals surface area contributed by atoms with E-state index in [0.717, 1.165) is 11.8 Å². The van der Waals surface area contributed by atoms with Crippen LogP contribution < -0.4 is 15.2 Å². The molecule has 1 aromatic rings. The number of nitrogen functional groups attached to an aromatic ring is 1. The van der Waals surface area contributed by atoms with Crippen LogP contribution in [0, 0.1) is 13.8 Å². The lowest BCUT2D eigenvalue weighted by atomic mass is 10.1. The van der Waals surface area contributed by atoms with Gasteiger partial charge >= 0.3 is 0 Å². The minimum Gasteiger partial charge on any atom is -0.398 e. The summed E-state index contributed by atoms with van der Waals surface area (Å²) in [5.41, 5.74) is 7.27. The molecule has 20 heavy (non-hydrogen) atoms. The first kappa shape index (κ1) is 16.9. The smallest absolute Gasteiger partial charge is 0.242 e. The van der Waals surface area contributed by atoms with Crippen molar-refractivity contribution in [1.82, 2.24) is 9.44 Å². The van der Waals surface area contributed by atoms with Crippen molar-refractivity contribution in [2.24, 2.45) is 0 Å². The number of anilines is 1. The van der Waals surface area contributed by atoms with Crippen molar-refractivity contribution < 1.29 is 16.8 Å². The highest BCUT2D eigenvalue weighted by molar-refractivity contribution is 7.89. The third-order valence-electron chi connectivity index (χ3n) is 2.76. The van der Waals surface area contributed by atoms with Crippen LogP contribution in [-0.2, 0) is 20.0 Å². The van der Waals surface area contributed by atoms with Crippen LogP contribution in [0.3, 0.4) is 0 Å². The Hall–Kier alpha value is -1.16. The third-order valence-corrected chi connectivity index (χ3v) is 5.15. The molecule has 0 aliphatic heterocycles. The van der Waals surface area contributed by atoms with Crippen LogP contribution in [0.15, 0.2) is 17.0 Å². The largest absolute Gasteiger partial charge is 0.398 e. The van der Waals surface area contributed by atoms with E-state index >= 15 is 0 Å². The maximum atomic E-state index is 12.2. The summed E-state index contributed by atoms with van der Waals surface area (Å²) in [6, 6.07) is 3.28. The van der Waals surface area contributed by atoms with Gasteiger partial charge in [-0.05, 0) is 31.0 Å². The predicted molar refractivity (Wildman–Crippen MR) is 78.4 cm³/mol. The molecule has 0 spiro atoms. The summed E-state index contributed by atoms with van der Waals surface area (Å²) in [6.45, 7) is 3.39. The van der Waals surface area contributed by atoms with Crippen molar-refractivity contribution in [2.75, 3.05) is 25.1 Å². The number of hydrogen-bond acceptors (Lipinski definition) is 5. The third kappa shape index (κ3) is 4.44. The lowest BCUT2D eigenvalue weighted by molar-refractivity contribution is 0.573. The van der Waals surface area contributed by atoms with Crippen LogP contribution in [0.1, 0.15) is 11.1 Å². The quantitative estimate of drug-likeness (QED) is 0.491. The Morgan fingerprint density at radius 1 is 1.05 bits per heavy atom. The molecule has 7 nitrogen and oxygen atoms in total. The fourth-order valence-electron chi connectivity index (χ4n) is 1.66. The number of sulfonamides is 2. The minimum atomic E-state index is -3.77. The van der Waals surface area contributed by atoms with Crippen molar-refractivity contribution in [3.8, 4) is 0 Å². The summed E-state index contributed by atoms with van der Waals surface area (Å²) < 4.78 is 50.6. The van der Waals surface area contributed by atoms with E-state index in [2.05, 4.69) is 9.44 Å². The topological polar surface area (TPSA) is 118 Å². The van der Waals surface area contributed by atoms with Crippen LogP contribution in [0.5, 0.6) is 0 Å². The van der Waals surface area contributed by atoms with Crippen LogP contribution in [0.2, 0.25) is 0 Å². The molecular weight excluding hydrogens is 302 g/mol. The van der Waals surface area contributed by atoms with Gasteiger partial charge in [0.15, 0.2) is 0 Å². The number of nitrogens with two attached hydrogens (primary N) is 1. The minimum absolute atomic E-state index is 0.0250. The first-order valence-electron chi connectivity index (χ1n) is 5.84. The van der Waals surface area contributed by atoms with Gasteiger partial charge in [0.05, 0.1) is 11.9 Å². The Kier molecular flexibility index (Phi) is 5.14. The summed E-state index contributed by atoms with van der Waals surface area (Å²) in [6.07, 6.45) is 1.00. The molecule has 0 atom stereocenters. The molecule has 1 aromatic carbocycles. The van der Waals surface area contributed by atoms with Gasteiger partial charge in [0.2, 0.25) is 20.0 Å². The SMILES string of the molecule is Cc1ccc(N)c(S(=O)(=O)NCCNS(C)(=O)=O)c1C. The summed E-state index contributed by atoms with van der Waals surface area (Å²) >= 11 is 0. The first-order valence-corrected chi connectivity index (χ1v) is 9.22. The van der Waals surface area contributed by atoms with Crippen LogP contribution in [0.4, 0.5) is 5.69 Å². The molecule has 0 fully saturated rings. The van der Waals surface area contributed by atoms with Crippen molar-refractivity contribution in [1.29, 1.82) is 0 Å². The zero-order valence-electron chi connectivity index (χ0n) is 11.6. The summed E-state index contributed by atoms with van der Waals surface area (Å²) in [7, 11) is -7.11. The van der Waals surface area contributed by atoms with Gasteiger partial charge in [-0.25, -0.2) is 26.3 Å². The highest BCUT2D eigenvalue weighted by Crippen LogP contribution is 2.24. The number of rotatable bonds is 6. The number of benzene rings is 1. The molecule has 114 valence electrons. The molecule has 0 bridgehead atoms. The van der Waals surface area contributed by atoms with Gasteiger partial charge in [0.25, 0.3) is 0 Å². The monoisotopic (exact) mass is 321 g/mol. The second kappa shape index (κ2) is 6.08. The Labute approximate surface area is 119 Å². The fraction of sp³-hybridized carbons (Fsp3) is 0.455. The average molecular weight is 321 g/mol. The maximum absolute atomic E-state index is 12.2. The van der Waals surface area contributed by atoms with E-state index in [0.29, 0.717) is 5.56 Å². The molecule has 0 amide bonds. The summed E-state index contributed by atoms with van der Waals surface area (Å²) in [4.78, 5) is 0.0388. The maximum Gasteiger partial charge on any atom is 0.242 e. The Morgan fingerprint density at radius 2 is 1.60 bits per heavy atom.